The SMILES string of the molecule is CCS(=O)(=O)c1ccc(Cl)cc1CNC(=O)c1cc(Cl)c(CN2CCC[C@H](C(=O)NC3CCNCC3C(=O)O)C2)c(C(F)(F)F)c1. The summed E-state index contributed by atoms with van der Waals surface area (Å²) in [6, 6.07) is 5.35. The molecule has 2 aliphatic rings. The molecule has 252 valence electrons. The van der Waals surface area contributed by atoms with E-state index in [1.54, 1.807) is 4.90 Å². The Morgan fingerprint density at radius 3 is 2.54 bits per heavy atom. The third-order valence-corrected chi connectivity index (χ3v) is 10.7. The van der Waals surface area contributed by atoms with Crippen LogP contribution in [0.3, 0.4) is 0 Å². The Hall–Kier alpha value is -2.91. The highest BCUT2D eigenvalue weighted by Crippen LogP contribution is 2.37. The number of amides is 2. The Balaban J connectivity index is 1.49. The molecule has 16 heteroatoms. The summed E-state index contributed by atoms with van der Waals surface area (Å²) >= 11 is 12.4. The molecule has 10 nitrogen and oxygen atoms in total. The van der Waals surface area contributed by atoms with E-state index in [-0.39, 0.29) is 69.5 Å². The third kappa shape index (κ3) is 8.71. The largest absolute Gasteiger partial charge is 0.481 e. The Morgan fingerprint density at radius 1 is 1.13 bits per heavy atom. The van der Waals surface area contributed by atoms with Gasteiger partial charge in [-0.05, 0) is 73.8 Å². The van der Waals surface area contributed by atoms with Gasteiger partial charge in [-0.15, -0.1) is 0 Å². The summed E-state index contributed by atoms with van der Waals surface area (Å²) in [6.07, 6.45) is -3.39. The van der Waals surface area contributed by atoms with Crippen molar-refractivity contribution in [2.45, 2.75) is 56.4 Å². The van der Waals surface area contributed by atoms with Gasteiger partial charge in [0.25, 0.3) is 5.91 Å². The van der Waals surface area contributed by atoms with Gasteiger partial charge < -0.3 is 21.1 Å². The fraction of sp³-hybridized carbons (Fsp3) is 0.500. The van der Waals surface area contributed by atoms with Crippen molar-refractivity contribution >= 4 is 50.8 Å². The second-order valence-corrected chi connectivity index (χ2v) is 14.5. The first-order valence-electron chi connectivity index (χ1n) is 14.8. The van der Waals surface area contributed by atoms with Crippen LogP contribution >= 0.6 is 23.2 Å². The lowest BCUT2D eigenvalue weighted by atomic mass is 9.91. The van der Waals surface area contributed by atoms with E-state index in [0.717, 1.165) is 6.07 Å². The van der Waals surface area contributed by atoms with E-state index in [0.29, 0.717) is 38.4 Å². The van der Waals surface area contributed by atoms with Crippen LogP contribution in [0, 0.1) is 11.8 Å². The molecule has 2 aliphatic heterocycles. The minimum atomic E-state index is -4.86. The maximum Gasteiger partial charge on any atom is 0.416 e. The number of carbonyl (C=O) groups excluding carboxylic acids is 2. The predicted octanol–water partition coefficient (Wildman–Crippen LogP) is 4.13. The van der Waals surface area contributed by atoms with E-state index in [9.17, 15) is 41.1 Å². The molecule has 3 atom stereocenters. The molecular weight excluding hydrogens is 672 g/mol. The maximum atomic E-state index is 14.3. The van der Waals surface area contributed by atoms with Crippen LogP contribution in [0.5, 0.6) is 0 Å². The smallest absolute Gasteiger partial charge is 0.416 e. The summed E-state index contributed by atoms with van der Waals surface area (Å²) in [7, 11) is -3.67. The Kier molecular flexibility index (Phi) is 11.6. The number of rotatable bonds is 10. The number of aliphatic carboxylic acids is 1. The molecular formula is C30H35Cl2F3N4O6S. The summed E-state index contributed by atoms with van der Waals surface area (Å²) in [4.78, 5) is 39.3. The van der Waals surface area contributed by atoms with Crippen molar-refractivity contribution in [3.05, 3.63) is 62.6 Å². The molecule has 4 N–H and O–H groups in total. The second kappa shape index (κ2) is 14.9. The summed E-state index contributed by atoms with van der Waals surface area (Å²) < 4.78 is 67.9. The topological polar surface area (TPSA) is 145 Å². The van der Waals surface area contributed by atoms with Gasteiger partial charge in [0.1, 0.15) is 0 Å². The summed E-state index contributed by atoms with van der Waals surface area (Å²) in [5, 5.41) is 17.7. The summed E-state index contributed by atoms with van der Waals surface area (Å²) in [6.45, 7) is 2.26. The lowest BCUT2D eigenvalue weighted by Crippen LogP contribution is -2.54. The number of alkyl halides is 3. The van der Waals surface area contributed by atoms with Crippen molar-refractivity contribution < 1.29 is 41.1 Å². The standard InChI is InChI=1S/C30H35Cl2F3N4O6S/c1-2-46(44,45)26-6-5-20(31)10-19(26)13-37-27(40)18-11-23(30(33,34)35)22(24(32)12-18)16-39-9-3-4-17(15-39)28(41)38-25-7-8-36-14-21(25)29(42)43/h5-6,10-12,17,21,25,36H,2-4,7-9,13-16H2,1H3,(H,37,40)(H,38,41)(H,42,43)/t17-,21?,25?/m0/s1. The van der Waals surface area contributed by atoms with Gasteiger partial charge in [-0.1, -0.05) is 30.1 Å². The van der Waals surface area contributed by atoms with Crippen molar-refractivity contribution in [2.24, 2.45) is 11.8 Å². The zero-order chi connectivity index (χ0) is 33.8. The molecule has 0 radical (unpaired) electrons. The maximum absolute atomic E-state index is 14.3. The van der Waals surface area contributed by atoms with Crippen LogP contribution in [0.25, 0.3) is 0 Å². The fourth-order valence-corrected chi connectivity index (χ4v) is 7.42. The van der Waals surface area contributed by atoms with Crippen molar-refractivity contribution in [2.75, 3.05) is 31.9 Å². The first-order chi connectivity index (χ1) is 21.6. The molecule has 2 aromatic rings. The van der Waals surface area contributed by atoms with E-state index >= 15 is 0 Å². The minimum absolute atomic E-state index is 0.0463. The monoisotopic (exact) mass is 706 g/mol. The molecule has 0 saturated carbocycles. The van der Waals surface area contributed by atoms with E-state index in [2.05, 4.69) is 16.0 Å². The van der Waals surface area contributed by atoms with E-state index in [1.807, 2.05) is 0 Å². The Morgan fingerprint density at radius 2 is 1.87 bits per heavy atom. The minimum Gasteiger partial charge on any atom is -0.481 e. The number of benzene rings is 2. The van der Waals surface area contributed by atoms with Crippen molar-refractivity contribution in [3.63, 3.8) is 0 Å². The van der Waals surface area contributed by atoms with Gasteiger partial charge in [-0.25, -0.2) is 8.42 Å². The first-order valence-corrected chi connectivity index (χ1v) is 17.2. The van der Waals surface area contributed by atoms with Crippen LogP contribution in [0.4, 0.5) is 13.2 Å². The van der Waals surface area contributed by atoms with E-state index in [1.165, 1.54) is 25.1 Å². The molecule has 2 aromatic carbocycles. The van der Waals surface area contributed by atoms with Gasteiger partial charge >= 0.3 is 12.1 Å². The third-order valence-electron chi connectivity index (χ3n) is 8.33. The number of hydrogen-bond donors (Lipinski definition) is 4. The highest BCUT2D eigenvalue weighted by molar-refractivity contribution is 7.91. The van der Waals surface area contributed by atoms with Gasteiger partial charge in [-0.3, -0.25) is 19.3 Å². The van der Waals surface area contributed by atoms with Crippen LogP contribution in [-0.4, -0.2) is 74.2 Å². The van der Waals surface area contributed by atoms with Crippen molar-refractivity contribution in [1.82, 2.24) is 20.9 Å². The molecule has 0 bridgehead atoms. The molecule has 0 aliphatic carbocycles. The average molecular weight is 708 g/mol. The van der Waals surface area contributed by atoms with Gasteiger partial charge in [0, 0.05) is 47.8 Å². The van der Waals surface area contributed by atoms with Gasteiger partial charge in [0.05, 0.1) is 28.0 Å². The number of sulfone groups is 1. The Labute approximate surface area is 274 Å². The number of carbonyl (C=O) groups is 3. The van der Waals surface area contributed by atoms with Gasteiger partial charge in [0.15, 0.2) is 9.84 Å². The predicted molar refractivity (Wildman–Crippen MR) is 165 cm³/mol. The molecule has 2 fully saturated rings. The average Bonchev–Trinajstić information content (AvgIpc) is 3.00. The van der Waals surface area contributed by atoms with E-state index < -0.39 is 51.3 Å². The second-order valence-electron chi connectivity index (χ2n) is 11.4. The molecule has 2 heterocycles. The highest BCUT2D eigenvalue weighted by atomic mass is 35.5. The molecule has 46 heavy (non-hydrogen) atoms. The molecule has 0 aromatic heterocycles. The van der Waals surface area contributed by atoms with Crippen LogP contribution in [0.1, 0.15) is 53.2 Å². The normalized spacial score (nSPS) is 21.0. The number of carboxylic acid groups (broad SMARTS) is 1. The number of nitrogens with one attached hydrogen (secondary N) is 3. The van der Waals surface area contributed by atoms with Crippen LogP contribution in [-0.2, 0) is 38.7 Å². The molecule has 2 unspecified atom stereocenters. The van der Waals surface area contributed by atoms with Gasteiger partial charge in [-0.2, -0.15) is 13.2 Å². The van der Waals surface area contributed by atoms with Crippen molar-refractivity contribution in [1.29, 1.82) is 0 Å². The zero-order valence-electron chi connectivity index (χ0n) is 24.9. The number of halogens is 5. The number of likely N-dealkylation sites (tertiary alicyclic amines) is 1. The number of hydrogen-bond acceptors (Lipinski definition) is 7. The molecule has 2 amide bonds. The lowest BCUT2D eigenvalue weighted by Gasteiger charge is -2.35. The van der Waals surface area contributed by atoms with Gasteiger partial charge in [0.2, 0.25) is 5.91 Å². The number of piperidine rings is 2. The Bertz CT molecular complexity index is 1590. The van der Waals surface area contributed by atoms with Crippen molar-refractivity contribution in [3.8, 4) is 0 Å². The van der Waals surface area contributed by atoms with Crippen LogP contribution < -0.4 is 16.0 Å². The summed E-state index contributed by atoms with van der Waals surface area (Å²) in [5.74, 6) is -3.79. The quantitative estimate of drug-likeness (QED) is 0.289. The van der Waals surface area contributed by atoms with E-state index in [4.69, 9.17) is 23.2 Å². The lowest BCUT2D eigenvalue weighted by molar-refractivity contribution is -0.144. The van der Waals surface area contributed by atoms with Crippen LogP contribution in [0.2, 0.25) is 10.0 Å². The molecule has 0 spiro atoms. The fourth-order valence-electron chi connectivity index (χ4n) is 5.83. The first kappa shape index (κ1) is 35.9. The number of carboxylic acids is 1. The molecule has 2 saturated heterocycles. The molecule has 4 rings (SSSR count). The summed E-state index contributed by atoms with van der Waals surface area (Å²) in [5.41, 5.74) is -1.53. The van der Waals surface area contributed by atoms with Crippen LogP contribution in [0.15, 0.2) is 35.2 Å². The number of nitrogens with zero attached hydrogens (tertiary/aromatic N) is 1. The highest BCUT2D eigenvalue weighted by Gasteiger charge is 2.38. The zero-order valence-corrected chi connectivity index (χ0v) is 27.3.